The van der Waals surface area contributed by atoms with Gasteiger partial charge in [0, 0.05) is 12.0 Å². The van der Waals surface area contributed by atoms with Gasteiger partial charge in [-0.25, -0.2) is 4.98 Å². The van der Waals surface area contributed by atoms with E-state index < -0.39 is 0 Å². The average molecular weight is 421 g/mol. The van der Waals surface area contributed by atoms with E-state index >= 15 is 0 Å². The van der Waals surface area contributed by atoms with E-state index in [2.05, 4.69) is 61.4 Å². The summed E-state index contributed by atoms with van der Waals surface area (Å²) in [7, 11) is 0. The Morgan fingerprint density at radius 2 is 2.03 bits per heavy atom. The van der Waals surface area contributed by atoms with Crippen LogP contribution < -0.4 is 0 Å². The second-order valence-corrected chi connectivity index (χ2v) is 7.75. The zero-order chi connectivity index (χ0) is 20.7. The summed E-state index contributed by atoms with van der Waals surface area (Å²) in [5, 5.41) is 25.2. The summed E-state index contributed by atoms with van der Waals surface area (Å²) < 4.78 is 2.10. The normalized spacial score (nSPS) is 17.6. The van der Waals surface area contributed by atoms with E-state index in [1.54, 1.807) is 0 Å². The SMILES string of the molecule is CCCCc1nc(Cl)c(CO)n1C1c2ccc(-c3ccccc3)c1c2-c1nn[nH]n1. The zero-order valence-electron chi connectivity index (χ0n) is 16.5. The van der Waals surface area contributed by atoms with Crippen molar-refractivity contribution in [1.29, 1.82) is 0 Å². The molecule has 0 saturated carbocycles. The molecular formula is C22H21ClN6O. The number of tetrazole rings is 1. The van der Waals surface area contributed by atoms with Crippen LogP contribution in [0.25, 0.3) is 11.1 Å². The molecule has 1 atom stereocenters. The molecule has 0 radical (unpaired) electrons. The van der Waals surface area contributed by atoms with Gasteiger partial charge in [0.15, 0.2) is 5.15 Å². The van der Waals surface area contributed by atoms with Crippen molar-refractivity contribution in [2.45, 2.75) is 38.8 Å². The van der Waals surface area contributed by atoms with Crippen LogP contribution in [0.2, 0.25) is 5.15 Å². The summed E-state index contributed by atoms with van der Waals surface area (Å²) in [4.78, 5) is 4.58. The molecule has 2 aliphatic rings. The number of halogens is 1. The third-order valence-corrected chi connectivity index (χ3v) is 6.00. The van der Waals surface area contributed by atoms with Gasteiger partial charge in [0.25, 0.3) is 0 Å². The van der Waals surface area contributed by atoms with Crippen LogP contribution in [-0.2, 0) is 13.0 Å². The van der Waals surface area contributed by atoms with E-state index in [1.807, 2.05) is 18.2 Å². The number of nitrogens with zero attached hydrogens (tertiary/aromatic N) is 5. The average Bonchev–Trinajstić information content (AvgIpc) is 3.41. The molecule has 2 aliphatic carbocycles. The van der Waals surface area contributed by atoms with Crippen LogP contribution in [-0.4, -0.2) is 35.3 Å². The van der Waals surface area contributed by atoms with Gasteiger partial charge in [-0.05, 0) is 33.9 Å². The van der Waals surface area contributed by atoms with Crippen LogP contribution >= 0.6 is 11.6 Å². The Balaban J connectivity index is 1.69. The Kier molecular flexibility index (Phi) is 4.84. The van der Waals surface area contributed by atoms with Gasteiger partial charge in [0.05, 0.1) is 18.3 Å². The zero-order valence-corrected chi connectivity index (χ0v) is 17.3. The fourth-order valence-corrected chi connectivity index (χ4v) is 4.57. The number of unbranched alkanes of at least 4 members (excludes halogenated alkanes) is 1. The molecule has 7 nitrogen and oxygen atoms in total. The van der Waals surface area contributed by atoms with E-state index in [4.69, 9.17) is 11.6 Å². The third-order valence-electron chi connectivity index (χ3n) is 5.70. The molecule has 152 valence electrons. The molecule has 0 amide bonds. The van der Waals surface area contributed by atoms with Crippen molar-refractivity contribution in [3.8, 4) is 0 Å². The molecule has 5 rings (SSSR count). The van der Waals surface area contributed by atoms with Crippen molar-refractivity contribution in [1.82, 2.24) is 30.2 Å². The number of H-pyrrole nitrogens is 1. The fourth-order valence-electron chi connectivity index (χ4n) is 4.33. The highest BCUT2D eigenvalue weighted by atomic mass is 35.5. The number of aromatic nitrogens is 6. The van der Waals surface area contributed by atoms with E-state index in [1.165, 1.54) is 0 Å². The maximum atomic E-state index is 10.1. The molecule has 1 aromatic carbocycles. The molecule has 0 fully saturated rings. The monoisotopic (exact) mass is 420 g/mol. The molecule has 1 unspecified atom stereocenters. The quantitative estimate of drug-likeness (QED) is 0.604. The maximum Gasteiger partial charge on any atom is 0.205 e. The Morgan fingerprint density at radius 3 is 2.73 bits per heavy atom. The molecule has 3 aromatic rings. The highest BCUT2D eigenvalue weighted by molar-refractivity contribution is 6.30. The minimum absolute atomic E-state index is 0.0901. The predicted molar refractivity (Wildman–Crippen MR) is 114 cm³/mol. The Hall–Kier alpha value is -3.03. The molecule has 2 aromatic heterocycles. The van der Waals surface area contributed by atoms with Crippen LogP contribution in [0, 0.1) is 0 Å². The highest BCUT2D eigenvalue weighted by Gasteiger charge is 2.44. The minimum atomic E-state index is -0.170. The van der Waals surface area contributed by atoms with Gasteiger partial charge in [-0.3, -0.25) is 0 Å². The lowest BCUT2D eigenvalue weighted by Crippen LogP contribution is -2.31. The maximum absolute atomic E-state index is 10.1. The number of nitrogens with one attached hydrogen (secondary N) is 1. The second kappa shape index (κ2) is 7.66. The van der Waals surface area contributed by atoms with Crippen molar-refractivity contribution < 1.29 is 5.11 Å². The smallest absolute Gasteiger partial charge is 0.205 e. The number of fused-ring (bicyclic) bond motifs is 2. The number of rotatable bonds is 7. The Labute approximate surface area is 178 Å². The lowest BCUT2D eigenvalue weighted by atomic mass is 9.68. The molecular weight excluding hydrogens is 400 g/mol. The Morgan fingerprint density at radius 1 is 1.20 bits per heavy atom. The van der Waals surface area contributed by atoms with Gasteiger partial charge in [0.2, 0.25) is 5.82 Å². The van der Waals surface area contributed by atoms with E-state index in [9.17, 15) is 5.11 Å². The summed E-state index contributed by atoms with van der Waals surface area (Å²) in [5.41, 5.74) is 6.00. The van der Waals surface area contributed by atoms with Crippen molar-refractivity contribution in [2.24, 2.45) is 0 Å². The van der Waals surface area contributed by atoms with Gasteiger partial charge in [-0.15, -0.1) is 10.2 Å². The molecule has 2 heterocycles. The number of aliphatic hydroxyl groups is 1. The molecule has 0 aliphatic heterocycles. The highest BCUT2D eigenvalue weighted by Crippen LogP contribution is 2.57. The van der Waals surface area contributed by atoms with Gasteiger partial charge < -0.3 is 9.67 Å². The number of benzene rings is 1. The number of hydrogen-bond acceptors (Lipinski definition) is 5. The molecule has 2 N–H and O–H groups in total. The van der Waals surface area contributed by atoms with Crippen LogP contribution in [0.5, 0.6) is 0 Å². The topological polar surface area (TPSA) is 92.5 Å². The van der Waals surface area contributed by atoms with Crippen LogP contribution in [0.1, 0.15) is 48.7 Å². The van der Waals surface area contributed by atoms with Crippen LogP contribution in [0.3, 0.4) is 0 Å². The summed E-state index contributed by atoms with van der Waals surface area (Å²) in [5.74, 6) is 1.46. The first-order chi connectivity index (χ1) is 14.7. The summed E-state index contributed by atoms with van der Waals surface area (Å²) in [6.07, 6.45) is 7.09. The number of allylic oxidation sites excluding steroid dienone is 6. The van der Waals surface area contributed by atoms with Gasteiger partial charge in [0.1, 0.15) is 5.82 Å². The van der Waals surface area contributed by atoms with Crippen molar-refractivity contribution in [2.75, 3.05) is 0 Å². The van der Waals surface area contributed by atoms with E-state index in [0.29, 0.717) is 16.7 Å². The number of imidazole rings is 1. The van der Waals surface area contributed by atoms with Crippen molar-refractivity contribution in [3.63, 3.8) is 0 Å². The number of aryl methyl sites for hydroxylation is 1. The number of hydrogen-bond donors (Lipinski definition) is 2. The first kappa shape index (κ1) is 19.0. The summed E-state index contributed by atoms with van der Waals surface area (Å²) >= 11 is 6.42. The number of aromatic amines is 1. The van der Waals surface area contributed by atoms with Crippen molar-refractivity contribution in [3.05, 3.63) is 81.7 Å². The van der Waals surface area contributed by atoms with Gasteiger partial charge in [-0.2, -0.15) is 5.21 Å². The molecule has 30 heavy (non-hydrogen) atoms. The minimum Gasteiger partial charge on any atom is -0.390 e. The molecule has 8 heteroatoms. The second-order valence-electron chi connectivity index (χ2n) is 7.39. The van der Waals surface area contributed by atoms with Gasteiger partial charge in [-0.1, -0.05) is 67.4 Å². The molecule has 0 spiro atoms. The lowest BCUT2D eigenvalue weighted by Gasteiger charge is -2.41. The molecule has 0 saturated heterocycles. The first-order valence-corrected chi connectivity index (χ1v) is 10.4. The number of aliphatic hydroxyl groups excluding tert-OH is 1. The van der Waals surface area contributed by atoms with Crippen molar-refractivity contribution >= 4 is 22.7 Å². The fraction of sp³-hybridized carbons (Fsp3) is 0.273. The van der Waals surface area contributed by atoms with E-state index in [-0.39, 0.29) is 12.6 Å². The third kappa shape index (κ3) is 2.85. The summed E-state index contributed by atoms with van der Waals surface area (Å²) in [6.45, 7) is 1.98. The van der Waals surface area contributed by atoms with E-state index in [0.717, 1.165) is 52.9 Å². The first-order valence-electron chi connectivity index (χ1n) is 10.1. The Bertz CT molecular complexity index is 1170. The largest absolute Gasteiger partial charge is 0.390 e. The predicted octanol–water partition coefficient (Wildman–Crippen LogP) is 3.92. The van der Waals surface area contributed by atoms with Crippen LogP contribution in [0.4, 0.5) is 0 Å². The molecule has 2 bridgehead atoms. The van der Waals surface area contributed by atoms with Crippen LogP contribution in [0.15, 0.2) is 53.6 Å². The lowest BCUT2D eigenvalue weighted by molar-refractivity contribution is 0.269. The van der Waals surface area contributed by atoms with Gasteiger partial charge >= 0.3 is 0 Å². The standard InChI is InChI=1S/C22H21ClN6O/c1-2-3-9-17-24-21(23)16(12-30)29(17)20-15-11-10-14(13-7-5-4-6-8-13)18(20)19(15)22-25-27-28-26-22/h4-8,10-11,20,30H,2-3,9,12H2,1H3,(H,25,26,27,28). The summed E-state index contributed by atoms with van der Waals surface area (Å²) in [6, 6.07) is 10.1.